The number of hydrogen-bond donors (Lipinski definition) is 0. The molecule has 0 saturated carbocycles. The average Bonchev–Trinajstić information content (AvgIpc) is 2.99. The first kappa shape index (κ1) is 45.6. The van der Waals surface area contributed by atoms with Crippen LogP contribution in [0.15, 0.2) is 0 Å². The predicted octanol–water partition coefficient (Wildman–Crippen LogP) is 8.95. The van der Waals surface area contributed by atoms with E-state index in [0.29, 0.717) is 0 Å². The number of carboxylic acids is 1. The van der Waals surface area contributed by atoms with E-state index in [4.69, 9.17) is 0 Å². The molecule has 0 spiro atoms. The van der Waals surface area contributed by atoms with Gasteiger partial charge in [0.25, 0.3) is 0 Å². The maximum Gasteiger partial charge on any atom is 1.00 e. The summed E-state index contributed by atoms with van der Waals surface area (Å²) < 4.78 is 0. The van der Waals surface area contributed by atoms with E-state index in [1.54, 1.807) is 0 Å². The Hall–Kier alpha value is 0.430. The largest absolute Gasteiger partial charge is 1.00 e. The number of nitrogens with zero attached hydrogens (tertiary/aromatic N) is 1. The zero-order valence-electron chi connectivity index (χ0n) is 30.4. The Kier molecular flexibility index (Phi) is 40.9. The van der Waals surface area contributed by atoms with Crippen molar-refractivity contribution in [1.82, 2.24) is 4.90 Å². The number of carboxylic acid groups (broad SMARTS) is 1. The van der Waals surface area contributed by atoms with Crippen molar-refractivity contribution in [2.45, 2.75) is 232 Å². The Morgan fingerprint density at radius 3 is 0.791 bits per heavy atom. The molecule has 0 bridgehead atoms. The van der Waals surface area contributed by atoms with Crippen LogP contribution < -0.4 is 34.7 Å². The molecule has 43 heavy (non-hydrogen) atoms. The SMILES string of the molecule is CCCCCCCCCCCCCCCCCCN(CCCCCCCCCCCCCCCCCC)C(C)C(=O)[O-].[Na+]. The molecule has 0 fully saturated rings. The van der Waals surface area contributed by atoms with E-state index in [-0.39, 0.29) is 29.6 Å². The third-order valence-corrected chi connectivity index (χ3v) is 9.49. The first-order chi connectivity index (χ1) is 20.6. The first-order valence-corrected chi connectivity index (χ1v) is 19.6. The number of rotatable bonds is 36. The molecular weight excluding hydrogens is 537 g/mol. The van der Waals surface area contributed by atoms with Crippen LogP contribution in [-0.2, 0) is 4.79 Å². The second-order valence-electron chi connectivity index (χ2n) is 13.6. The molecule has 0 radical (unpaired) electrons. The molecule has 0 heterocycles. The maximum absolute atomic E-state index is 11.5. The van der Waals surface area contributed by atoms with Crippen LogP contribution in [0.5, 0.6) is 0 Å². The number of unbranched alkanes of at least 4 members (excludes halogenated alkanes) is 30. The summed E-state index contributed by atoms with van der Waals surface area (Å²) in [6.07, 6.45) is 43.9. The van der Waals surface area contributed by atoms with Gasteiger partial charge in [0, 0.05) is 6.04 Å². The van der Waals surface area contributed by atoms with Crippen LogP contribution in [0.3, 0.4) is 0 Å². The van der Waals surface area contributed by atoms with Crippen molar-refractivity contribution >= 4 is 5.97 Å². The number of hydrogen-bond acceptors (Lipinski definition) is 3. The Morgan fingerprint density at radius 2 is 0.605 bits per heavy atom. The molecule has 0 aromatic rings. The van der Waals surface area contributed by atoms with Crippen LogP contribution in [0.25, 0.3) is 0 Å². The van der Waals surface area contributed by atoms with E-state index < -0.39 is 12.0 Å². The van der Waals surface area contributed by atoms with Crippen LogP contribution in [0.2, 0.25) is 0 Å². The van der Waals surface area contributed by atoms with Crippen LogP contribution in [0.4, 0.5) is 0 Å². The molecule has 0 saturated heterocycles. The molecule has 3 nitrogen and oxygen atoms in total. The summed E-state index contributed by atoms with van der Waals surface area (Å²) in [5, 5.41) is 11.5. The van der Waals surface area contributed by atoms with Gasteiger partial charge >= 0.3 is 29.6 Å². The molecule has 0 rings (SSSR count). The first-order valence-electron chi connectivity index (χ1n) is 19.6. The van der Waals surface area contributed by atoms with E-state index >= 15 is 0 Å². The Bertz CT molecular complexity index is 493. The minimum Gasteiger partial charge on any atom is -0.548 e. The standard InChI is InChI=1S/C39H79NO2.Na/c1-4-6-8-10-12-14-16-18-20-22-24-26-28-30-32-34-36-40(38(3)39(41)42)37-35-33-31-29-27-25-23-21-19-17-15-13-11-9-7-5-2;/h38H,4-37H2,1-3H3,(H,41,42);/q;+1/p-1. The molecule has 4 heteroatoms. The summed E-state index contributed by atoms with van der Waals surface area (Å²) in [6.45, 7) is 8.21. The van der Waals surface area contributed by atoms with E-state index in [1.165, 1.54) is 193 Å². The summed E-state index contributed by atoms with van der Waals surface area (Å²) in [5.74, 6) is -0.914. The summed E-state index contributed by atoms with van der Waals surface area (Å²) in [4.78, 5) is 13.7. The molecule has 0 aliphatic rings. The fraction of sp³-hybridized carbons (Fsp3) is 0.974. The number of aliphatic carboxylic acids is 1. The summed E-state index contributed by atoms with van der Waals surface area (Å²) in [6, 6.07) is -0.460. The number of carbonyl (C=O) groups excluding carboxylic acids is 1. The van der Waals surface area contributed by atoms with Crippen molar-refractivity contribution < 1.29 is 39.5 Å². The van der Waals surface area contributed by atoms with Crippen molar-refractivity contribution in [3.63, 3.8) is 0 Å². The minimum absolute atomic E-state index is 0. The van der Waals surface area contributed by atoms with Crippen molar-refractivity contribution in [3.8, 4) is 0 Å². The van der Waals surface area contributed by atoms with Gasteiger partial charge in [0.2, 0.25) is 0 Å². The van der Waals surface area contributed by atoms with Gasteiger partial charge in [-0.25, -0.2) is 0 Å². The third kappa shape index (κ3) is 35.1. The molecule has 252 valence electrons. The van der Waals surface area contributed by atoms with Gasteiger partial charge in [0.15, 0.2) is 0 Å². The van der Waals surface area contributed by atoms with Gasteiger partial charge in [-0.15, -0.1) is 0 Å². The topological polar surface area (TPSA) is 43.4 Å². The summed E-state index contributed by atoms with van der Waals surface area (Å²) >= 11 is 0. The van der Waals surface area contributed by atoms with Gasteiger partial charge in [0.1, 0.15) is 0 Å². The Balaban J connectivity index is 0. The normalized spacial score (nSPS) is 12.1. The van der Waals surface area contributed by atoms with E-state index in [0.717, 1.165) is 25.9 Å². The molecule has 0 amide bonds. The quantitative estimate of drug-likeness (QED) is 0.0522. The molecule has 0 aromatic carbocycles. The van der Waals surface area contributed by atoms with E-state index in [9.17, 15) is 9.90 Å². The minimum atomic E-state index is -0.914. The van der Waals surface area contributed by atoms with Crippen molar-refractivity contribution in [1.29, 1.82) is 0 Å². The predicted molar refractivity (Wildman–Crippen MR) is 185 cm³/mol. The van der Waals surface area contributed by atoms with E-state index in [2.05, 4.69) is 18.7 Å². The summed E-state index contributed by atoms with van der Waals surface area (Å²) in [5.41, 5.74) is 0. The molecule has 0 aromatic heterocycles. The van der Waals surface area contributed by atoms with Gasteiger partial charge in [-0.2, -0.15) is 0 Å². The van der Waals surface area contributed by atoms with Crippen molar-refractivity contribution in [2.75, 3.05) is 13.1 Å². The van der Waals surface area contributed by atoms with Crippen molar-refractivity contribution in [3.05, 3.63) is 0 Å². The monoisotopic (exact) mass is 616 g/mol. The molecule has 0 N–H and O–H groups in total. The molecule has 0 aliphatic carbocycles. The zero-order valence-corrected chi connectivity index (χ0v) is 32.4. The molecule has 0 aliphatic heterocycles. The average molecular weight is 616 g/mol. The Morgan fingerprint density at radius 1 is 0.419 bits per heavy atom. The summed E-state index contributed by atoms with van der Waals surface area (Å²) in [7, 11) is 0. The number of carbonyl (C=O) groups is 1. The third-order valence-electron chi connectivity index (χ3n) is 9.49. The van der Waals surface area contributed by atoms with Crippen LogP contribution in [0, 0.1) is 0 Å². The van der Waals surface area contributed by atoms with Crippen LogP contribution >= 0.6 is 0 Å². The van der Waals surface area contributed by atoms with Crippen molar-refractivity contribution in [2.24, 2.45) is 0 Å². The van der Waals surface area contributed by atoms with Crippen LogP contribution in [0.1, 0.15) is 226 Å². The van der Waals surface area contributed by atoms with Gasteiger partial charge < -0.3 is 9.90 Å². The fourth-order valence-electron chi connectivity index (χ4n) is 6.37. The van der Waals surface area contributed by atoms with Crippen LogP contribution in [-0.4, -0.2) is 30.0 Å². The van der Waals surface area contributed by atoms with Gasteiger partial charge in [-0.3, -0.25) is 4.90 Å². The Labute approximate surface area is 294 Å². The fourth-order valence-corrected chi connectivity index (χ4v) is 6.37. The molecule has 1 atom stereocenters. The van der Waals surface area contributed by atoms with Gasteiger partial charge in [-0.1, -0.05) is 206 Å². The maximum atomic E-state index is 11.5. The van der Waals surface area contributed by atoms with Gasteiger partial charge in [0.05, 0.1) is 5.97 Å². The second-order valence-corrected chi connectivity index (χ2v) is 13.6. The smallest absolute Gasteiger partial charge is 0.548 e. The zero-order chi connectivity index (χ0) is 30.8. The van der Waals surface area contributed by atoms with Gasteiger partial charge in [-0.05, 0) is 32.9 Å². The molecule has 1 unspecified atom stereocenters. The van der Waals surface area contributed by atoms with E-state index in [1.807, 2.05) is 6.92 Å². The molecular formula is C39H78NNaO2. The second kappa shape index (κ2) is 38.6.